The van der Waals surface area contributed by atoms with Crippen molar-refractivity contribution in [2.75, 3.05) is 13.2 Å². The van der Waals surface area contributed by atoms with Gasteiger partial charge in [-0.1, -0.05) is 6.92 Å². The zero-order valence-electron chi connectivity index (χ0n) is 11.2. The third kappa shape index (κ3) is 2.48. The molecule has 1 fully saturated rings. The fraction of sp³-hybridized carbons (Fsp3) is 0.583. The van der Waals surface area contributed by atoms with E-state index in [2.05, 4.69) is 0 Å². The Morgan fingerprint density at radius 1 is 1.55 bits per heavy atom. The van der Waals surface area contributed by atoms with Gasteiger partial charge < -0.3 is 10.2 Å². The Balaban J connectivity index is 2.40. The van der Waals surface area contributed by atoms with E-state index in [1.807, 2.05) is 6.92 Å². The molecule has 1 aromatic heterocycles. The Morgan fingerprint density at radius 3 is 2.70 bits per heavy atom. The minimum Gasteiger partial charge on any atom is -0.477 e. The Labute approximate surface area is 121 Å². The Morgan fingerprint density at radius 2 is 2.20 bits per heavy atom. The number of rotatable bonds is 4. The average Bonchev–Trinajstić information content (AvgIpc) is 2.92. The van der Waals surface area contributed by atoms with Crippen LogP contribution in [-0.2, 0) is 10.0 Å². The summed E-state index contributed by atoms with van der Waals surface area (Å²) in [5.41, 5.74) is 0.439. The number of hydrogen-bond donors (Lipinski definition) is 2. The molecule has 1 aromatic rings. The number of carboxylic acid groups (broad SMARTS) is 1. The molecule has 6 nitrogen and oxygen atoms in total. The summed E-state index contributed by atoms with van der Waals surface area (Å²) in [4.78, 5) is 11.1. The van der Waals surface area contributed by atoms with Gasteiger partial charge in [-0.05, 0) is 30.9 Å². The van der Waals surface area contributed by atoms with Crippen molar-refractivity contribution in [2.45, 2.75) is 30.5 Å². The monoisotopic (exact) mass is 319 g/mol. The molecule has 0 saturated carbocycles. The van der Waals surface area contributed by atoms with Gasteiger partial charge in [0.05, 0.1) is 12.6 Å². The number of aliphatic hydroxyl groups excluding tert-OH is 1. The lowest BCUT2D eigenvalue weighted by Gasteiger charge is -2.23. The number of hydrogen-bond acceptors (Lipinski definition) is 5. The molecule has 0 spiro atoms. The van der Waals surface area contributed by atoms with Crippen LogP contribution >= 0.6 is 11.3 Å². The van der Waals surface area contributed by atoms with Crippen molar-refractivity contribution in [1.29, 1.82) is 0 Å². The van der Waals surface area contributed by atoms with Gasteiger partial charge in [-0.2, -0.15) is 4.31 Å². The van der Waals surface area contributed by atoms with Gasteiger partial charge in [-0.15, -0.1) is 11.3 Å². The van der Waals surface area contributed by atoms with Crippen LogP contribution in [0.2, 0.25) is 0 Å². The van der Waals surface area contributed by atoms with Crippen molar-refractivity contribution in [2.24, 2.45) is 5.92 Å². The highest BCUT2D eigenvalue weighted by Crippen LogP contribution is 2.34. The van der Waals surface area contributed by atoms with Crippen LogP contribution in [0.5, 0.6) is 0 Å². The second-order valence-corrected chi connectivity index (χ2v) is 8.18. The van der Waals surface area contributed by atoms with Crippen molar-refractivity contribution in [3.63, 3.8) is 0 Å². The molecule has 1 aliphatic heterocycles. The Kier molecular flexibility index (Phi) is 4.19. The summed E-state index contributed by atoms with van der Waals surface area (Å²) in [6.07, 6.45) is 0.695. The van der Waals surface area contributed by atoms with Crippen LogP contribution in [0.1, 0.15) is 28.6 Å². The van der Waals surface area contributed by atoms with E-state index in [1.165, 1.54) is 10.4 Å². The number of carbonyl (C=O) groups is 1. The molecular weight excluding hydrogens is 302 g/mol. The highest BCUT2D eigenvalue weighted by atomic mass is 32.2. The quantitative estimate of drug-likeness (QED) is 0.868. The van der Waals surface area contributed by atoms with Crippen molar-refractivity contribution < 1.29 is 23.4 Å². The average molecular weight is 319 g/mol. The smallest absolute Gasteiger partial charge is 0.346 e. The molecule has 1 saturated heterocycles. The molecule has 2 unspecified atom stereocenters. The summed E-state index contributed by atoms with van der Waals surface area (Å²) in [6.45, 7) is 3.61. The van der Waals surface area contributed by atoms with E-state index < -0.39 is 22.0 Å². The van der Waals surface area contributed by atoms with E-state index >= 15 is 0 Å². The van der Waals surface area contributed by atoms with Gasteiger partial charge >= 0.3 is 5.97 Å². The third-order valence-corrected chi connectivity index (χ3v) is 7.27. The normalized spacial score (nSPS) is 24.1. The van der Waals surface area contributed by atoms with Crippen molar-refractivity contribution in [1.82, 2.24) is 4.31 Å². The first kappa shape index (κ1) is 15.4. The molecule has 2 heterocycles. The van der Waals surface area contributed by atoms with Crippen LogP contribution in [-0.4, -0.2) is 48.1 Å². The molecule has 112 valence electrons. The van der Waals surface area contributed by atoms with E-state index in [9.17, 15) is 18.3 Å². The maximum Gasteiger partial charge on any atom is 0.346 e. The molecule has 2 rings (SSSR count). The number of carboxylic acids is 1. The molecule has 0 aliphatic carbocycles. The molecule has 0 radical (unpaired) electrons. The van der Waals surface area contributed by atoms with Gasteiger partial charge in [-0.25, -0.2) is 13.2 Å². The van der Waals surface area contributed by atoms with Crippen LogP contribution in [0.3, 0.4) is 0 Å². The summed E-state index contributed by atoms with van der Waals surface area (Å²) in [5, 5.41) is 18.4. The van der Waals surface area contributed by atoms with E-state index in [0.717, 1.165) is 11.3 Å². The van der Waals surface area contributed by atoms with Gasteiger partial charge in [0.15, 0.2) is 0 Å². The number of nitrogens with zero attached hydrogens (tertiary/aromatic N) is 1. The molecule has 8 heteroatoms. The largest absolute Gasteiger partial charge is 0.477 e. The highest BCUT2D eigenvalue weighted by Gasteiger charge is 2.40. The molecule has 2 atom stereocenters. The molecule has 1 aliphatic rings. The second-order valence-electron chi connectivity index (χ2n) is 5.01. The van der Waals surface area contributed by atoms with Crippen LogP contribution in [0.4, 0.5) is 0 Å². The first-order valence-corrected chi connectivity index (χ1v) is 8.51. The van der Waals surface area contributed by atoms with Crippen molar-refractivity contribution >= 4 is 27.3 Å². The predicted octanol–water partition coefficient (Wildman–Crippen LogP) is 1.15. The number of aryl methyl sites for hydroxylation is 1. The van der Waals surface area contributed by atoms with E-state index in [1.54, 1.807) is 6.92 Å². The van der Waals surface area contributed by atoms with Gasteiger partial charge in [0.1, 0.15) is 9.09 Å². The van der Waals surface area contributed by atoms with Gasteiger partial charge in [0, 0.05) is 6.54 Å². The van der Waals surface area contributed by atoms with Gasteiger partial charge in [0.2, 0.25) is 0 Å². The summed E-state index contributed by atoms with van der Waals surface area (Å²) in [7, 11) is -3.74. The fourth-order valence-electron chi connectivity index (χ4n) is 2.45. The van der Waals surface area contributed by atoms with Crippen LogP contribution in [0, 0.1) is 12.8 Å². The number of thiophene rings is 1. The maximum absolute atomic E-state index is 12.6. The van der Waals surface area contributed by atoms with Crippen LogP contribution in [0.25, 0.3) is 0 Å². The zero-order chi connectivity index (χ0) is 15.1. The van der Waals surface area contributed by atoms with E-state index in [0.29, 0.717) is 18.5 Å². The minimum atomic E-state index is -3.74. The zero-order valence-corrected chi connectivity index (χ0v) is 12.9. The van der Waals surface area contributed by atoms with E-state index in [-0.39, 0.29) is 21.6 Å². The predicted molar refractivity (Wildman–Crippen MR) is 74.6 cm³/mol. The van der Waals surface area contributed by atoms with E-state index in [4.69, 9.17) is 5.11 Å². The summed E-state index contributed by atoms with van der Waals surface area (Å²) >= 11 is 0.764. The molecule has 0 bridgehead atoms. The second kappa shape index (κ2) is 5.44. The third-order valence-electron chi connectivity index (χ3n) is 3.67. The summed E-state index contributed by atoms with van der Waals surface area (Å²) in [5.74, 6) is -1.03. The lowest BCUT2D eigenvalue weighted by Crippen LogP contribution is -2.39. The lowest BCUT2D eigenvalue weighted by molar-refractivity contribution is 0.0701. The Bertz CT molecular complexity index is 622. The van der Waals surface area contributed by atoms with Crippen LogP contribution < -0.4 is 0 Å². The van der Waals surface area contributed by atoms with Crippen molar-refractivity contribution in [3.05, 3.63) is 16.5 Å². The summed E-state index contributed by atoms with van der Waals surface area (Å²) in [6, 6.07) is 0.955. The summed E-state index contributed by atoms with van der Waals surface area (Å²) < 4.78 is 26.5. The molecule has 20 heavy (non-hydrogen) atoms. The van der Waals surface area contributed by atoms with Crippen molar-refractivity contribution in [3.8, 4) is 0 Å². The number of aliphatic hydroxyl groups is 1. The fourth-order valence-corrected chi connectivity index (χ4v) is 5.69. The SMILES string of the molecule is Cc1cc(S(=O)(=O)N2CCC(C)C2CO)sc1C(=O)O. The first-order valence-electron chi connectivity index (χ1n) is 6.25. The van der Waals surface area contributed by atoms with Gasteiger partial charge in [-0.3, -0.25) is 0 Å². The molecule has 0 aromatic carbocycles. The first-order chi connectivity index (χ1) is 9.28. The number of sulfonamides is 1. The topological polar surface area (TPSA) is 94.9 Å². The minimum absolute atomic E-state index is 0.0277. The number of aromatic carboxylic acids is 1. The van der Waals surface area contributed by atoms with Crippen LogP contribution in [0.15, 0.2) is 10.3 Å². The Hall–Kier alpha value is -0.960. The molecular formula is C12H17NO5S2. The van der Waals surface area contributed by atoms with Gasteiger partial charge in [0.25, 0.3) is 10.0 Å². The standard InChI is InChI=1S/C12H17NO5S2/c1-7-3-4-13(9(7)6-14)20(17,18)10-5-8(2)11(19-10)12(15)16/h5,7,9,14H,3-4,6H2,1-2H3,(H,15,16). The molecule has 2 N–H and O–H groups in total. The maximum atomic E-state index is 12.6. The highest BCUT2D eigenvalue weighted by molar-refractivity contribution is 7.91. The molecule has 0 amide bonds. The lowest BCUT2D eigenvalue weighted by atomic mass is 10.0.